The Kier molecular flexibility index (Phi) is 4.45. The molecular formula is C15H20BF3NO2-. The van der Waals surface area contributed by atoms with Gasteiger partial charge in [0.05, 0.1) is 0 Å². The molecular weight excluding hydrogens is 294 g/mol. The Morgan fingerprint density at radius 2 is 1.77 bits per heavy atom. The summed E-state index contributed by atoms with van der Waals surface area (Å²) in [4.78, 5) is 13.2. The van der Waals surface area contributed by atoms with E-state index in [0.717, 1.165) is 0 Å². The van der Waals surface area contributed by atoms with Crippen LogP contribution in [0.15, 0.2) is 30.3 Å². The van der Waals surface area contributed by atoms with Crippen LogP contribution in [-0.4, -0.2) is 36.7 Å². The summed E-state index contributed by atoms with van der Waals surface area (Å²) in [6.45, 7) is -0.249. The Balaban J connectivity index is 2.21. The molecule has 1 aromatic rings. The van der Waals surface area contributed by atoms with E-state index < -0.39 is 30.4 Å². The number of hydrogen-bond acceptors (Lipinski definition) is 2. The normalized spacial score (nSPS) is 22.7. The quantitative estimate of drug-likeness (QED) is 0.764. The third-order valence-electron chi connectivity index (χ3n) is 3.73. The van der Waals surface area contributed by atoms with Crippen LogP contribution in [0.5, 0.6) is 0 Å². The lowest BCUT2D eigenvalue weighted by atomic mass is 9.65. The molecule has 7 heteroatoms. The first-order chi connectivity index (χ1) is 10.1. The highest BCUT2D eigenvalue weighted by Crippen LogP contribution is 2.45. The molecule has 3 nitrogen and oxygen atoms in total. The van der Waals surface area contributed by atoms with Crippen LogP contribution in [-0.2, 0) is 4.74 Å². The van der Waals surface area contributed by atoms with Crippen molar-refractivity contribution in [3.8, 4) is 0 Å². The molecule has 0 spiro atoms. The summed E-state index contributed by atoms with van der Waals surface area (Å²) in [5, 5.41) is 0. The van der Waals surface area contributed by atoms with E-state index >= 15 is 0 Å². The minimum absolute atomic E-state index is 0.0326. The highest BCUT2D eigenvalue weighted by atomic mass is 19.4. The number of nitrogens with zero attached hydrogens (tertiary/aromatic N) is 1. The van der Waals surface area contributed by atoms with Crippen LogP contribution in [0.3, 0.4) is 0 Å². The van der Waals surface area contributed by atoms with Crippen molar-refractivity contribution < 1.29 is 22.5 Å². The van der Waals surface area contributed by atoms with Crippen molar-refractivity contribution in [3.05, 3.63) is 35.9 Å². The lowest BCUT2D eigenvalue weighted by molar-refractivity contribution is 0.0292. The molecule has 2 rings (SSSR count). The lowest BCUT2D eigenvalue weighted by Crippen LogP contribution is -2.36. The van der Waals surface area contributed by atoms with Gasteiger partial charge in [-0.15, -0.1) is 0 Å². The molecule has 0 aliphatic carbocycles. The maximum atomic E-state index is 13.4. The highest BCUT2D eigenvalue weighted by molar-refractivity contribution is 6.60. The first-order valence-electron chi connectivity index (χ1n) is 7.31. The van der Waals surface area contributed by atoms with Crippen LogP contribution in [0.1, 0.15) is 32.3 Å². The molecule has 1 fully saturated rings. The molecule has 2 atom stereocenters. The van der Waals surface area contributed by atoms with E-state index in [9.17, 15) is 17.7 Å². The van der Waals surface area contributed by atoms with E-state index in [4.69, 9.17) is 4.74 Å². The summed E-state index contributed by atoms with van der Waals surface area (Å²) in [6.07, 6.45) is -0.684. The molecule has 1 aliphatic rings. The number of ether oxygens (including phenoxy) is 1. The maximum Gasteiger partial charge on any atom is 0.483 e. The van der Waals surface area contributed by atoms with Gasteiger partial charge in [-0.1, -0.05) is 30.3 Å². The highest BCUT2D eigenvalue weighted by Gasteiger charge is 2.47. The predicted molar refractivity (Wildman–Crippen MR) is 79.8 cm³/mol. The molecule has 0 radical (unpaired) electrons. The van der Waals surface area contributed by atoms with E-state index in [1.807, 2.05) is 0 Å². The second-order valence-corrected chi connectivity index (χ2v) is 6.69. The zero-order valence-electron chi connectivity index (χ0n) is 12.9. The second kappa shape index (κ2) is 5.86. The van der Waals surface area contributed by atoms with Crippen molar-refractivity contribution in [2.24, 2.45) is 0 Å². The van der Waals surface area contributed by atoms with Gasteiger partial charge in [-0.25, -0.2) is 4.79 Å². The zero-order valence-corrected chi connectivity index (χ0v) is 12.9. The van der Waals surface area contributed by atoms with Gasteiger partial charge in [0, 0.05) is 13.1 Å². The number of benzene rings is 1. The van der Waals surface area contributed by atoms with E-state index in [-0.39, 0.29) is 13.1 Å². The molecule has 0 saturated carbocycles. The molecule has 22 heavy (non-hydrogen) atoms. The third-order valence-corrected chi connectivity index (χ3v) is 3.73. The van der Waals surface area contributed by atoms with Crippen LogP contribution < -0.4 is 0 Å². The van der Waals surface area contributed by atoms with Crippen LogP contribution in [0.4, 0.5) is 17.7 Å². The zero-order chi connectivity index (χ0) is 16.5. The van der Waals surface area contributed by atoms with Crippen LogP contribution in [0.2, 0.25) is 5.82 Å². The van der Waals surface area contributed by atoms with E-state index in [1.165, 1.54) is 4.90 Å². The van der Waals surface area contributed by atoms with Crippen LogP contribution in [0, 0.1) is 0 Å². The first-order valence-corrected chi connectivity index (χ1v) is 7.31. The Hall–Kier alpha value is -1.66. The average Bonchev–Trinajstić information content (AvgIpc) is 2.82. The van der Waals surface area contributed by atoms with Crippen LogP contribution in [0.25, 0.3) is 0 Å². The monoisotopic (exact) mass is 314 g/mol. The fourth-order valence-corrected chi connectivity index (χ4v) is 2.74. The van der Waals surface area contributed by atoms with Gasteiger partial charge in [-0.2, -0.15) is 0 Å². The van der Waals surface area contributed by atoms with Gasteiger partial charge in [0.2, 0.25) is 0 Å². The average molecular weight is 314 g/mol. The molecule has 0 N–H and O–H groups in total. The van der Waals surface area contributed by atoms with Gasteiger partial charge in [0.15, 0.2) is 0 Å². The number of halogens is 3. The summed E-state index contributed by atoms with van der Waals surface area (Å²) < 4.78 is 45.3. The Labute approximate surface area is 128 Å². The molecule has 0 aromatic heterocycles. The fraction of sp³-hybridized carbons (Fsp3) is 0.533. The van der Waals surface area contributed by atoms with Gasteiger partial charge in [-0.05, 0) is 38.1 Å². The van der Waals surface area contributed by atoms with E-state index in [1.54, 1.807) is 51.1 Å². The molecule has 1 aliphatic heterocycles. The van der Waals surface area contributed by atoms with Gasteiger partial charge < -0.3 is 22.6 Å². The Bertz CT molecular complexity index is 528. The number of likely N-dealkylation sites (tertiary alicyclic amines) is 1. The summed E-state index contributed by atoms with van der Waals surface area (Å²) in [5.74, 6) is -2.23. The van der Waals surface area contributed by atoms with Crippen LogP contribution >= 0.6 is 0 Å². The van der Waals surface area contributed by atoms with Crippen molar-refractivity contribution in [2.75, 3.05) is 13.1 Å². The number of carbonyl (C=O) groups is 1. The van der Waals surface area contributed by atoms with Crippen molar-refractivity contribution in [1.82, 2.24) is 4.90 Å². The topological polar surface area (TPSA) is 29.5 Å². The van der Waals surface area contributed by atoms with Gasteiger partial charge in [0.1, 0.15) is 5.60 Å². The lowest BCUT2D eigenvalue weighted by Gasteiger charge is -2.27. The summed E-state index contributed by atoms with van der Waals surface area (Å²) >= 11 is 0. The van der Waals surface area contributed by atoms with E-state index in [2.05, 4.69) is 0 Å². The van der Waals surface area contributed by atoms with Crippen molar-refractivity contribution in [3.63, 3.8) is 0 Å². The maximum absolute atomic E-state index is 13.4. The van der Waals surface area contributed by atoms with Gasteiger partial charge in [-0.3, -0.25) is 0 Å². The van der Waals surface area contributed by atoms with Crippen molar-refractivity contribution in [1.29, 1.82) is 0 Å². The molecule has 1 aromatic carbocycles. The third kappa shape index (κ3) is 3.96. The molecule has 122 valence electrons. The van der Waals surface area contributed by atoms with Gasteiger partial charge in [0.25, 0.3) is 0 Å². The Morgan fingerprint density at radius 1 is 1.18 bits per heavy atom. The smallest absolute Gasteiger partial charge is 0.449 e. The minimum atomic E-state index is -5.03. The molecule has 1 amide bonds. The molecule has 2 unspecified atom stereocenters. The number of carbonyl (C=O) groups excluding carboxylic acids is 1. The van der Waals surface area contributed by atoms with Crippen molar-refractivity contribution >= 4 is 13.1 Å². The summed E-state index contributed by atoms with van der Waals surface area (Å²) in [5.41, 5.74) is -0.112. The Morgan fingerprint density at radius 3 is 2.27 bits per heavy atom. The van der Waals surface area contributed by atoms with E-state index in [0.29, 0.717) is 5.56 Å². The minimum Gasteiger partial charge on any atom is -0.449 e. The first kappa shape index (κ1) is 16.7. The molecule has 1 saturated heterocycles. The number of rotatable bonds is 2. The number of amides is 1. The SMILES string of the molecule is CC(C)(C)OC(=O)N1CC(c2ccccc2)C([B-](F)(F)F)C1. The fourth-order valence-electron chi connectivity index (χ4n) is 2.74. The van der Waals surface area contributed by atoms with Crippen molar-refractivity contribution in [2.45, 2.75) is 38.1 Å². The molecule has 0 bridgehead atoms. The second-order valence-electron chi connectivity index (χ2n) is 6.69. The summed E-state index contributed by atoms with van der Waals surface area (Å²) in [7, 11) is 0. The summed E-state index contributed by atoms with van der Waals surface area (Å²) in [6, 6.07) is 8.55. The standard InChI is InChI=1S/C15H20BF3NO2/c1-15(2,3)22-14(21)20-9-12(11-7-5-4-6-8-11)13(10-20)16(17,18)19/h4-8,12-13H,9-10H2,1-3H3/q-1. The van der Waals surface area contributed by atoms with Gasteiger partial charge >= 0.3 is 13.1 Å². The number of hydrogen-bond donors (Lipinski definition) is 0. The molecule has 1 heterocycles. The largest absolute Gasteiger partial charge is 0.483 e. The predicted octanol–water partition coefficient (Wildman–Crippen LogP) is 4.24.